The Morgan fingerprint density at radius 2 is 2.08 bits per heavy atom. The Bertz CT molecular complexity index is 672. The van der Waals surface area contributed by atoms with Crippen LogP contribution in [0.15, 0.2) is 35.5 Å². The number of para-hydroxylation sites is 1. The fraction of sp³-hybridized carbons (Fsp3) is 0.526. The minimum absolute atomic E-state index is 0.153. The molecule has 6 heteroatoms. The van der Waals surface area contributed by atoms with Crippen LogP contribution in [-0.2, 0) is 14.4 Å². The molecule has 0 saturated carbocycles. The smallest absolute Gasteiger partial charge is 0.273 e. The summed E-state index contributed by atoms with van der Waals surface area (Å²) in [4.78, 5) is 32.3. The zero-order chi connectivity index (χ0) is 17.9. The lowest BCUT2D eigenvalue weighted by molar-refractivity contribution is -0.141. The maximum Gasteiger partial charge on any atom is 0.273 e. The van der Waals surface area contributed by atoms with Crippen LogP contribution in [0.25, 0.3) is 0 Å². The summed E-state index contributed by atoms with van der Waals surface area (Å²) in [6, 6.07) is 9.28. The summed E-state index contributed by atoms with van der Waals surface area (Å²) in [5.74, 6) is 0.243. The molecule has 1 aromatic rings. The SMILES string of the molecule is CC(C)CC(=O)N1CCCC2(CC(C(=O)Nc3ccccc3)=NO2)C1. The molecule has 0 bridgehead atoms. The number of nitrogens with one attached hydrogen (secondary N) is 1. The number of hydrogen-bond acceptors (Lipinski definition) is 4. The molecule has 0 aromatic heterocycles. The van der Waals surface area contributed by atoms with Crippen LogP contribution in [0.3, 0.4) is 0 Å². The zero-order valence-corrected chi connectivity index (χ0v) is 14.8. The number of carbonyl (C=O) groups is 2. The lowest BCUT2D eigenvalue weighted by Crippen LogP contribution is -2.51. The number of benzene rings is 1. The van der Waals surface area contributed by atoms with Crippen molar-refractivity contribution in [1.29, 1.82) is 0 Å². The summed E-state index contributed by atoms with van der Waals surface area (Å²) in [5, 5.41) is 6.87. The fourth-order valence-electron chi connectivity index (χ4n) is 3.38. The van der Waals surface area contributed by atoms with E-state index in [1.807, 2.05) is 49.1 Å². The number of anilines is 1. The Labute approximate surface area is 148 Å². The van der Waals surface area contributed by atoms with Crippen molar-refractivity contribution >= 4 is 23.2 Å². The van der Waals surface area contributed by atoms with Crippen molar-refractivity contribution < 1.29 is 14.4 Å². The zero-order valence-electron chi connectivity index (χ0n) is 14.8. The van der Waals surface area contributed by atoms with Crippen molar-refractivity contribution in [3.63, 3.8) is 0 Å². The number of piperidine rings is 1. The first-order valence-electron chi connectivity index (χ1n) is 8.87. The van der Waals surface area contributed by atoms with Crippen LogP contribution < -0.4 is 5.32 Å². The molecular weight excluding hydrogens is 318 g/mol. The molecule has 0 radical (unpaired) electrons. The van der Waals surface area contributed by atoms with Crippen molar-refractivity contribution in [1.82, 2.24) is 4.90 Å². The highest BCUT2D eigenvalue weighted by Gasteiger charge is 2.45. The molecule has 1 unspecified atom stereocenters. The van der Waals surface area contributed by atoms with Crippen LogP contribution in [0, 0.1) is 5.92 Å². The van der Waals surface area contributed by atoms with Gasteiger partial charge in [-0.3, -0.25) is 9.59 Å². The van der Waals surface area contributed by atoms with E-state index >= 15 is 0 Å². The maximum absolute atomic E-state index is 12.4. The second kappa shape index (κ2) is 7.25. The Kier molecular flexibility index (Phi) is 5.06. The summed E-state index contributed by atoms with van der Waals surface area (Å²) in [5.41, 5.74) is 0.574. The molecule has 1 fully saturated rings. The van der Waals surface area contributed by atoms with Crippen molar-refractivity contribution in [2.75, 3.05) is 18.4 Å². The van der Waals surface area contributed by atoms with E-state index in [2.05, 4.69) is 10.5 Å². The predicted octanol–water partition coefficient (Wildman–Crippen LogP) is 2.81. The molecule has 1 aromatic carbocycles. The van der Waals surface area contributed by atoms with Gasteiger partial charge in [-0.1, -0.05) is 37.2 Å². The Morgan fingerprint density at radius 3 is 2.80 bits per heavy atom. The van der Waals surface area contributed by atoms with Gasteiger partial charge in [-0.2, -0.15) is 0 Å². The Balaban J connectivity index is 1.60. The van der Waals surface area contributed by atoms with Gasteiger partial charge in [0.15, 0.2) is 5.60 Å². The highest BCUT2D eigenvalue weighted by molar-refractivity contribution is 6.43. The van der Waals surface area contributed by atoms with E-state index in [1.54, 1.807) is 0 Å². The quantitative estimate of drug-likeness (QED) is 0.914. The van der Waals surface area contributed by atoms with Crippen LogP contribution in [0.2, 0.25) is 0 Å². The lowest BCUT2D eigenvalue weighted by atomic mass is 9.87. The van der Waals surface area contributed by atoms with Gasteiger partial charge in [0.2, 0.25) is 5.91 Å². The monoisotopic (exact) mass is 343 g/mol. The normalized spacial score (nSPS) is 22.7. The summed E-state index contributed by atoms with van der Waals surface area (Å²) < 4.78 is 0. The van der Waals surface area contributed by atoms with E-state index in [0.717, 1.165) is 25.1 Å². The number of amides is 2. The Hall–Kier alpha value is -2.37. The molecule has 2 aliphatic heterocycles. The van der Waals surface area contributed by atoms with Crippen molar-refractivity contribution in [3.8, 4) is 0 Å². The summed E-state index contributed by atoms with van der Waals surface area (Å²) in [7, 11) is 0. The van der Waals surface area contributed by atoms with Gasteiger partial charge in [0, 0.05) is 25.1 Å². The van der Waals surface area contributed by atoms with Gasteiger partial charge in [0.05, 0.1) is 6.54 Å². The number of oxime groups is 1. The molecule has 2 heterocycles. The van der Waals surface area contributed by atoms with Gasteiger partial charge < -0.3 is 15.1 Å². The average Bonchev–Trinajstić information content (AvgIpc) is 2.99. The van der Waals surface area contributed by atoms with E-state index in [0.29, 0.717) is 31.0 Å². The van der Waals surface area contributed by atoms with E-state index in [-0.39, 0.29) is 11.8 Å². The molecule has 3 rings (SSSR count). The predicted molar refractivity (Wildman–Crippen MR) is 96.2 cm³/mol. The van der Waals surface area contributed by atoms with Crippen molar-refractivity contribution in [2.45, 2.75) is 45.1 Å². The second-order valence-electron chi connectivity index (χ2n) is 7.33. The number of rotatable bonds is 4. The standard InChI is InChI=1S/C19H25N3O3/c1-14(2)11-17(23)22-10-6-9-19(13-22)12-16(21-25-19)18(24)20-15-7-4-3-5-8-15/h3-5,7-8,14H,6,9-13H2,1-2H3,(H,20,24). The molecule has 2 amide bonds. The highest BCUT2D eigenvalue weighted by atomic mass is 16.7. The van der Waals surface area contributed by atoms with Crippen LogP contribution in [0.1, 0.15) is 39.5 Å². The van der Waals surface area contributed by atoms with Gasteiger partial charge in [-0.15, -0.1) is 0 Å². The lowest BCUT2D eigenvalue weighted by Gasteiger charge is -2.38. The minimum Gasteiger partial charge on any atom is -0.386 e. The first-order chi connectivity index (χ1) is 12.0. The van der Waals surface area contributed by atoms with Gasteiger partial charge in [0.1, 0.15) is 5.71 Å². The van der Waals surface area contributed by atoms with Crippen LogP contribution in [0.5, 0.6) is 0 Å². The first-order valence-corrected chi connectivity index (χ1v) is 8.87. The fourth-order valence-corrected chi connectivity index (χ4v) is 3.38. The summed E-state index contributed by atoms with van der Waals surface area (Å²) in [6.07, 6.45) is 2.66. The van der Waals surface area contributed by atoms with E-state index < -0.39 is 5.60 Å². The summed E-state index contributed by atoms with van der Waals surface area (Å²) >= 11 is 0. The van der Waals surface area contributed by atoms with Gasteiger partial charge in [0.25, 0.3) is 5.91 Å². The number of likely N-dealkylation sites (tertiary alicyclic amines) is 1. The number of carbonyl (C=O) groups excluding carboxylic acids is 2. The molecular formula is C19H25N3O3. The number of hydrogen-bond donors (Lipinski definition) is 1. The molecule has 6 nitrogen and oxygen atoms in total. The van der Waals surface area contributed by atoms with Gasteiger partial charge >= 0.3 is 0 Å². The molecule has 1 N–H and O–H groups in total. The van der Waals surface area contributed by atoms with E-state index in [4.69, 9.17) is 4.84 Å². The molecule has 0 aliphatic carbocycles. The molecule has 1 spiro atoms. The third-order valence-corrected chi connectivity index (χ3v) is 4.61. The molecule has 2 aliphatic rings. The van der Waals surface area contributed by atoms with E-state index in [9.17, 15) is 9.59 Å². The summed E-state index contributed by atoms with van der Waals surface area (Å²) in [6.45, 7) is 5.34. The molecule has 25 heavy (non-hydrogen) atoms. The average molecular weight is 343 g/mol. The van der Waals surface area contributed by atoms with E-state index in [1.165, 1.54) is 0 Å². The highest BCUT2D eigenvalue weighted by Crippen LogP contribution is 2.34. The topological polar surface area (TPSA) is 71.0 Å². The van der Waals surface area contributed by atoms with Gasteiger partial charge in [-0.05, 0) is 30.9 Å². The molecule has 1 atom stereocenters. The maximum atomic E-state index is 12.4. The number of nitrogens with zero attached hydrogens (tertiary/aromatic N) is 2. The first kappa shape index (κ1) is 17.5. The van der Waals surface area contributed by atoms with Crippen molar-refractivity contribution in [3.05, 3.63) is 30.3 Å². The second-order valence-corrected chi connectivity index (χ2v) is 7.33. The Morgan fingerprint density at radius 1 is 1.32 bits per heavy atom. The molecule has 1 saturated heterocycles. The van der Waals surface area contributed by atoms with Crippen LogP contribution >= 0.6 is 0 Å². The third kappa shape index (κ3) is 4.18. The van der Waals surface area contributed by atoms with Crippen molar-refractivity contribution in [2.24, 2.45) is 11.1 Å². The van der Waals surface area contributed by atoms with Gasteiger partial charge in [-0.25, -0.2) is 0 Å². The minimum atomic E-state index is -0.547. The van der Waals surface area contributed by atoms with Crippen LogP contribution in [-0.4, -0.2) is 41.1 Å². The third-order valence-electron chi connectivity index (χ3n) is 4.61. The van der Waals surface area contributed by atoms with Crippen LogP contribution in [0.4, 0.5) is 5.69 Å². The molecule has 134 valence electrons. The largest absolute Gasteiger partial charge is 0.386 e.